The number of hydrogen-bond donors (Lipinski definition) is 0. The summed E-state index contributed by atoms with van der Waals surface area (Å²) < 4.78 is 36.2. The van der Waals surface area contributed by atoms with E-state index in [0.717, 1.165) is 23.1 Å². The average molecular weight is 366 g/mol. The Labute approximate surface area is 149 Å². The minimum atomic E-state index is -2.01. The van der Waals surface area contributed by atoms with Crippen LogP contribution in [0, 0.1) is 0 Å². The summed E-state index contributed by atoms with van der Waals surface area (Å²) in [5.41, 5.74) is 4.07. The molecule has 6 nitrogen and oxygen atoms in total. The smallest absolute Gasteiger partial charge is 0.255 e. The van der Waals surface area contributed by atoms with Gasteiger partial charge in [-0.15, -0.1) is 0 Å². The first-order valence-corrected chi connectivity index (χ1v) is 12.0. The molecule has 2 aliphatic carbocycles. The molecule has 1 aromatic carbocycles. The van der Waals surface area contributed by atoms with E-state index in [1.54, 1.807) is 21.3 Å². The lowest BCUT2D eigenvalue weighted by molar-refractivity contribution is -0.416. The molecule has 1 spiro atoms. The highest BCUT2D eigenvalue weighted by Gasteiger charge is 2.72. The largest absolute Gasteiger partial charge is 0.383 e. The van der Waals surface area contributed by atoms with E-state index in [0.29, 0.717) is 13.2 Å². The SMILES string of the molecule is COC1(OC)c2ccc3c(c2C1(OC)O[Si](C)(C)C)C1(C3)OCCO1. The molecule has 0 saturated carbocycles. The van der Waals surface area contributed by atoms with Gasteiger partial charge in [-0.05, 0) is 25.2 Å². The first kappa shape index (κ1) is 17.6. The Morgan fingerprint density at radius 3 is 2.00 bits per heavy atom. The number of rotatable bonds is 5. The van der Waals surface area contributed by atoms with Crippen LogP contribution in [0.2, 0.25) is 19.6 Å². The number of hydrogen-bond acceptors (Lipinski definition) is 6. The van der Waals surface area contributed by atoms with E-state index in [1.807, 2.05) is 6.07 Å². The van der Waals surface area contributed by atoms with E-state index in [4.69, 9.17) is 28.1 Å². The molecule has 1 fully saturated rings. The molecule has 0 aromatic heterocycles. The molecule has 7 heteroatoms. The van der Waals surface area contributed by atoms with Crippen molar-refractivity contribution in [3.8, 4) is 0 Å². The summed E-state index contributed by atoms with van der Waals surface area (Å²) in [6.45, 7) is 7.55. The van der Waals surface area contributed by atoms with Crippen LogP contribution in [0.1, 0.15) is 22.3 Å². The number of methoxy groups -OCH3 is 3. The third kappa shape index (κ3) is 2.00. The van der Waals surface area contributed by atoms with Crippen LogP contribution in [-0.2, 0) is 51.9 Å². The van der Waals surface area contributed by atoms with Crippen LogP contribution >= 0.6 is 0 Å². The summed E-state index contributed by atoms with van der Waals surface area (Å²) in [5, 5.41) is 0. The molecule has 1 atom stereocenters. The maximum atomic E-state index is 6.56. The van der Waals surface area contributed by atoms with Crippen molar-refractivity contribution in [1.82, 2.24) is 0 Å². The first-order valence-electron chi connectivity index (χ1n) is 8.60. The molecule has 4 rings (SSSR count). The van der Waals surface area contributed by atoms with Crippen molar-refractivity contribution in [1.29, 1.82) is 0 Å². The monoisotopic (exact) mass is 366 g/mol. The molecule has 0 radical (unpaired) electrons. The average Bonchev–Trinajstić information content (AvgIpc) is 3.04. The molecule has 0 N–H and O–H groups in total. The Kier molecular flexibility index (Phi) is 3.77. The molecular weight excluding hydrogens is 340 g/mol. The van der Waals surface area contributed by atoms with Gasteiger partial charge >= 0.3 is 0 Å². The molecular formula is C18H26O6Si. The third-order valence-corrected chi connectivity index (χ3v) is 6.18. The van der Waals surface area contributed by atoms with Crippen LogP contribution in [0.25, 0.3) is 0 Å². The Hall–Kier alpha value is -0.803. The maximum absolute atomic E-state index is 6.56. The summed E-state index contributed by atoms with van der Waals surface area (Å²) in [7, 11) is 2.86. The van der Waals surface area contributed by atoms with Crippen molar-refractivity contribution >= 4 is 8.32 Å². The minimum Gasteiger partial charge on any atom is -0.383 e. The molecule has 25 heavy (non-hydrogen) atoms. The highest BCUT2D eigenvalue weighted by atomic mass is 28.4. The van der Waals surface area contributed by atoms with Gasteiger partial charge in [-0.1, -0.05) is 12.1 Å². The van der Waals surface area contributed by atoms with Gasteiger partial charge < -0.3 is 28.1 Å². The van der Waals surface area contributed by atoms with Crippen molar-refractivity contribution in [3.63, 3.8) is 0 Å². The minimum absolute atomic E-state index is 0.595. The zero-order valence-corrected chi connectivity index (χ0v) is 16.7. The zero-order chi connectivity index (χ0) is 18.1. The van der Waals surface area contributed by atoms with E-state index in [-0.39, 0.29) is 0 Å². The van der Waals surface area contributed by atoms with E-state index in [1.165, 1.54) is 5.56 Å². The Morgan fingerprint density at radius 2 is 1.48 bits per heavy atom. The fourth-order valence-electron chi connectivity index (χ4n) is 4.46. The van der Waals surface area contributed by atoms with Crippen LogP contribution in [0.15, 0.2) is 12.1 Å². The molecule has 0 amide bonds. The van der Waals surface area contributed by atoms with Crippen molar-refractivity contribution in [2.24, 2.45) is 0 Å². The van der Waals surface area contributed by atoms with Gasteiger partial charge in [-0.2, -0.15) is 0 Å². The summed E-state index contributed by atoms with van der Waals surface area (Å²) in [6, 6.07) is 4.12. The van der Waals surface area contributed by atoms with E-state index >= 15 is 0 Å². The highest BCUT2D eigenvalue weighted by molar-refractivity contribution is 6.69. The van der Waals surface area contributed by atoms with Gasteiger partial charge in [0.25, 0.3) is 5.79 Å². The van der Waals surface area contributed by atoms with Crippen LogP contribution in [0.4, 0.5) is 0 Å². The highest BCUT2D eigenvalue weighted by Crippen LogP contribution is 2.64. The predicted octanol–water partition coefficient (Wildman–Crippen LogP) is 2.55. The van der Waals surface area contributed by atoms with Gasteiger partial charge in [0.05, 0.1) is 13.2 Å². The van der Waals surface area contributed by atoms with Crippen LogP contribution < -0.4 is 0 Å². The summed E-state index contributed by atoms with van der Waals surface area (Å²) in [6.07, 6.45) is 0.745. The van der Waals surface area contributed by atoms with Crippen LogP contribution in [-0.4, -0.2) is 42.9 Å². The molecule has 0 bridgehead atoms. The zero-order valence-electron chi connectivity index (χ0n) is 15.7. The normalized spacial score (nSPS) is 28.2. The molecule has 1 heterocycles. The van der Waals surface area contributed by atoms with Gasteiger partial charge in [0, 0.05) is 44.4 Å². The number of benzene rings is 1. The molecule has 1 unspecified atom stereocenters. The quantitative estimate of drug-likeness (QED) is 0.590. The lowest BCUT2D eigenvalue weighted by Gasteiger charge is -2.60. The molecule has 1 saturated heterocycles. The molecule has 138 valence electrons. The van der Waals surface area contributed by atoms with Crippen molar-refractivity contribution < 1.29 is 28.1 Å². The standard InChI is InChI=1S/C18H26O6Si/c1-19-17(20-2)13-8-7-12-11-16(22-9-10-23-16)14(12)15(13)18(17,21-3)24-25(4,5)6/h7-8H,9-11H2,1-6H3. The topological polar surface area (TPSA) is 55.4 Å². The van der Waals surface area contributed by atoms with E-state index in [9.17, 15) is 0 Å². The van der Waals surface area contributed by atoms with Crippen LogP contribution in [0.5, 0.6) is 0 Å². The number of ether oxygens (including phenoxy) is 5. The first-order chi connectivity index (χ1) is 11.8. The Balaban J connectivity index is 1.94. The second-order valence-corrected chi connectivity index (χ2v) is 12.1. The maximum Gasteiger partial charge on any atom is 0.255 e. The van der Waals surface area contributed by atoms with Crippen molar-refractivity contribution in [2.75, 3.05) is 34.5 Å². The van der Waals surface area contributed by atoms with Gasteiger partial charge in [-0.3, -0.25) is 0 Å². The fourth-order valence-corrected chi connectivity index (χ4v) is 5.64. The summed E-state index contributed by atoms with van der Waals surface area (Å²) in [5.74, 6) is -2.92. The Morgan fingerprint density at radius 1 is 0.880 bits per heavy atom. The third-order valence-electron chi connectivity index (χ3n) is 5.28. The lowest BCUT2D eigenvalue weighted by atomic mass is 9.65. The van der Waals surface area contributed by atoms with Gasteiger partial charge in [-0.25, -0.2) is 0 Å². The Bertz CT molecular complexity index is 702. The van der Waals surface area contributed by atoms with Gasteiger partial charge in [0.1, 0.15) is 0 Å². The second-order valence-electron chi connectivity index (χ2n) is 7.71. The molecule has 1 aliphatic heterocycles. The van der Waals surface area contributed by atoms with Crippen LogP contribution in [0.3, 0.4) is 0 Å². The van der Waals surface area contributed by atoms with E-state index < -0.39 is 25.7 Å². The second kappa shape index (κ2) is 5.36. The van der Waals surface area contributed by atoms with Gasteiger partial charge in [0.15, 0.2) is 14.1 Å². The molecule has 1 aromatic rings. The van der Waals surface area contributed by atoms with Gasteiger partial charge in [0.2, 0.25) is 5.79 Å². The summed E-state index contributed by atoms with van der Waals surface area (Å²) >= 11 is 0. The lowest BCUT2D eigenvalue weighted by Crippen LogP contribution is -2.67. The fraction of sp³-hybridized carbons (Fsp3) is 0.667. The number of fused-ring (bicyclic) bond motifs is 4. The van der Waals surface area contributed by atoms with Crippen molar-refractivity contribution in [3.05, 3.63) is 34.4 Å². The molecule has 3 aliphatic rings. The predicted molar refractivity (Wildman–Crippen MR) is 92.5 cm³/mol. The van der Waals surface area contributed by atoms with Crippen molar-refractivity contribution in [2.45, 2.75) is 43.4 Å². The van der Waals surface area contributed by atoms with E-state index in [2.05, 4.69) is 25.7 Å². The summed E-state index contributed by atoms with van der Waals surface area (Å²) in [4.78, 5) is 0.